The van der Waals surface area contributed by atoms with Crippen molar-refractivity contribution in [2.75, 3.05) is 18.0 Å². The van der Waals surface area contributed by atoms with Gasteiger partial charge < -0.3 is 10.0 Å². The Kier molecular flexibility index (Phi) is 3.59. The molecule has 1 spiro atoms. The van der Waals surface area contributed by atoms with Crippen LogP contribution in [0.25, 0.3) is 0 Å². The van der Waals surface area contributed by atoms with Crippen molar-refractivity contribution in [2.24, 2.45) is 11.3 Å². The summed E-state index contributed by atoms with van der Waals surface area (Å²) in [6.07, 6.45) is 5.60. The van der Waals surface area contributed by atoms with E-state index in [-0.39, 0.29) is 11.3 Å². The maximum Gasteiger partial charge on any atom is 0.308 e. The zero-order valence-corrected chi connectivity index (χ0v) is 12.8. The summed E-state index contributed by atoms with van der Waals surface area (Å²) in [4.78, 5) is 22.7. The molecule has 21 heavy (non-hydrogen) atoms. The monoisotopic (exact) mass is 289 g/mol. The predicted octanol–water partition coefficient (Wildman–Crippen LogP) is 2.56. The fraction of sp³-hybridized carbons (Fsp3) is 0.688. The number of carboxylic acids is 1. The number of carboxylic acid groups (broad SMARTS) is 1. The minimum atomic E-state index is -0.651. The summed E-state index contributed by atoms with van der Waals surface area (Å²) >= 11 is 0. The Labute approximate surface area is 125 Å². The van der Waals surface area contributed by atoms with E-state index >= 15 is 0 Å². The summed E-state index contributed by atoms with van der Waals surface area (Å²) in [6.45, 7) is 5.24. The molecule has 0 amide bonds. The van der Waals surface area contributed by atoms with Gasteiger partial charge in [0, 0.05) is 30.3 Å². The molecule has 2 heterocycles. The van der Waals surface area contributed by atoms with Gasteiger partial charge in [-0.25, -0.2) is 9.97 Å². The van der Waals surface area contributed by atoms with Gasteiger partial charge in [0.05, 0.1) is 5.92 Å². The third-order valence-electron chi connectivity index (χ3n) is 5.07. The van der Waals surface area contributed by atoms with Crippen LogP contribution in [0.3, 0.4) is 0 Å². The fourth-order valence-corrected chi connectivity index (χ4v) is 4.11. The molecule has 1 aliphatic heterocycles. The third kappa shape index (κ3) is 2.61. The van der Waals surface area contributed by atoms with Crippen LogP contribution >= 0.6 is 0 Å². The Bertz CT molecular complexity index is 532. The van der Waals surface area contributed by atoms with E-state index in [1.165, 1.54) is 6.42 Å². The van der Waals surface area contributed by atoms with E-state index in [1.54, 1.807) is 0 Å². The molecule has 5 heteroatoms. The van der Waals surface area contributed by atoms with Gasteiger partial charge in [-0.3, -0.25) is 4.79 Å². The minimum absolute atomic E-state index is 0.0587. The number of rotatable bonds is 2. The Balaban J connectivity index is 1.90. The van der Waals surface area contributed by atoms with Crippen LogP contribution in [-0.4, -0.2) is 34.1 Å². The van der Waals surface area contributed by atoms with Crippen LogP contribution in [0.1, 0.15) is 43.6 Å². The number of nitrogens with zero attached hydrogens (tertiary/aromatic N) is 3. The second-order valence-electron chi connectivity index (χ2n) is 6.61. The minimum Gasteiger partial charge on any atom is -0.481 e. The highest BCUT2D eigenvalue weighted by molar-refractivity contribution is 5.73. The second kappa shape index (κ2) is 5.28. The van der Waals surface area contributed by atoms with Crippen molar-refractivity contribution >= 4 is 11.8 Å². The number of hydrogen-bond donors (Lipinski definition) is 1. The van der Waals surface area contributed by atoms with Crippen LogP contribution in [0, 0.1) is 25.2 Å². The molecule has 5 nitrogen and oxygen atoms in total. The lowest BCUT2D eigenvalue weighted by Gasteiger charge is -2.36. The molecule has 1 atom stereocenters. The van der Waals surface area contributed by atoms with E-state index in [0.717, 1.165) is 49.6 Å². The van der Waals surface area contributed by atoms with Gasteiger partial charge in [0.25, 0.3) is 0 Å². The molecule has 3 rings (SSSR count). The molecule has 1 saturated heterocycles. The van der Waals surface area contributed by atoms with Crippen LogP contribution in [0.2, 0.25) is 0 Å². The molecular formula is C16H23N3O2. The zero-order chi connectivity index (χ0) is 15.0. The van der Waals surface area contributed by atoms with Gasteiger partial charge in [-0.05, 0) is 26.7 Å². The Morgan fingerprint density at radius 1 is 1.29 bits per heavy atom. The topological polar surface area (TPSA) is 66.3 Å². The molecule has 2 fully saturated rings. The lowest BCUT2D eigenvalue weighted by atomic mass is 9.68. The highest BCUT2D eigenvalue weighted by Gasteiger charge is 2.50. The summed E-state index contributed by atoms with van der Waals surface area (Å²) in [5, 5.41) is 9.65. The number of aryl methyl sites for hydroxylation is 2. The molecular weight excluding hydrogens is 266 g/mol. The summed E-state index contributed by atoms with van der Waals surface area (Å²) in [7, 11) is 0. The first-order chi connectivity index (χ1) is 10.00. The van der Waals surface area contributed by atoms with Crippen LogP contribution in [-0.2, 0) is 4.79 Å². The Morgan fingerprint density at radius 2 is 2.00 bits per heavy atom. The van der Waals surface area contributed by atoms with E-state index in [1.807, 2.05) is 19.9 Å². The van der Waals surface area contributed by atoms with Gasteiger partial charge in [-0.15, -0.1) is 0 Å². The van der Waals surface area contributed by atoms with Crippen molar-refractivity contribution in [2.45, 2.75) is 46.0 Å². The van der Waals surface area contributed by atoms with E-state index < -0.39 is 5.97 Å². The Morgan fingerprint density at radius 3 is 2.62 bits per heavy atom. The summed E-state index contributed by atoms with van der Waals surface area (Å²) in [6, 6.07) is 1.97. The normalized spacial score (nSPS) is 24.5. The summed E-state index contributed by atoms with van der Waals surface area (Å²) < 4.78 is 0. The van der Waals surface area contributed by atoms with Crippen LogP contribution in [0.4, 0.5) is 5.82 Å². The average molecular weight is 289 g/mol. The van der Waals surface area contributed by atoms with Gasteiger partial charge in [0.1, 0.15) is 11.6 Å². The molecule has 0 aromatic carbocycles. The smallest absolute Gasteiger partial charge is 0.308 e. The molecule has 0 radical (unpaired) electrons. The number of hydrogen-bond acceptors (Lipinski definition) is 4. The van der Waals surface area contributed by atoms with Crippen LogP contribution < -0.4 is 4.90 Å². The quantitative estimate of drug-likeness (QED) is 0.906. The molecule has 1 aromatic heterocycles. The van der Waals surface area contributed by atoms with E-state index in [2.05, 4.69) is 14.9 Å². The average Bonchev–Trinajstić information content (AvgIpc) is 2.78. The third-order valence-corrected chi connectivity index (χ3v) is 5.07. The van der Waals surface area contributed by atoms with Gasteiger partial charge in [-0.1, -0.05) is 19.3 Å². The first-order valence-electron chi connectivity index (χ1n) is 7.80. The maximum atomic E-state index is 11.7. The van der Waals surface area contributed by atoms with E-state index in [0.29, 0.717) is 6.54 Å². The highest BCUT2D eigenvalue weighted by Crippen LogP contribution is 2.48. The van der Waals surface area contributed by atoms with Crippen molar-refractivity contribution in [3.63, 3.8) is 0 Å². The van der Waals surface area contributed by atoms with Crippen molar-refractivity contribution in [1.29, 1.82) is 0 Å². The van der Waals surface area contributed by atoms with Crippen LogP contribution in [0.5, 0.6) is 0 Å². The molecule has 1 aliphatic carbocycles. The molecule has 0 unspecified atom stereocenters. The highest BCUT2D eigenvalue weighted by atomic mass is 16.4. The van der Waals surface area contributed by atoms with E-state index in [4.69, 9.17) is 0 Å². The second-order valence-corrected chi connectivity index (χ2v) is 6.61. The van der Waals surface area contributed by atoms with E-state index in [9.17, 15) is 9.90 Å². The summed E-state index contributed by atoms with van der Waals surface area (Å²) in [5.41, 5.74) is 0.880. The number of aliphatic carboxylic acids is 1. The van der Waals surface area contributed by atoms with Crippen molar-refractivity contribution in [1.82, 2.24) is 9.97 Å². The SMILES string of the molecule is Cc1cc(N2C[C@H](C(=O)O)C3(CCCCC3)C2)nc(C)n1. The Hall–Kier alpha value is -1.65. The van der Waals surface area contributed by atoms with Crippen molar-refractivity contribution < 1.29 is 9.90 Å². The lowest BCUT2D eigenvalue weighted by Crippen LogP contribution is -2.36. The summed E-state index contributed by atoms with van der Waals surface area (Å²) in [5.74, 6) is 0.713. The predicted molar refractivity (Wildman–Crippen MR) is 80.4 cm³/mol. The van der Waals surface area contributed by atoms with Gasteiger partial charge >= 0.3 is 5.97 Å². The van der Waals surface area contributed by atoms with Gasteiger partial charge in [-0.2, -0.15) is 0 Å². The number of aromatic nitrogens is 2. The molecule has 1 saturated carbocycles. The maximum absolute atomic E-state index is 11.7. The lowest BCUT2D eigenvalue weighted by molar-refractivity contribution is -0.145. The zero-order valence-electron chi connectivity index (χ0n) is 12.8. The largest absolute Gasteiger partial charge is 0.481 e. The van der Waals surface area contributed by atoms with Gasteiger partial charge in [0.15, 0.2) is 0 Å². The first-order valence-corrected chi connectivity index (χ1v) is 7.80. The van der Waals surface area contributed by atoms with Crippen LogP contribution in [0.15, 0.2) is 6.07 Å². The standard InChI is InChI=1S/C16H23N3O2/c1-11-8-14(18-12(2)17-11)19-9-13(15(20)21)16(10-19)6-4-3-5-7-16/h8,13H,3-7,9-10H2,1-2H3,(H,20,21)/t13-/m1/s1. The fourth-order valence-electron chi connectivity index (χ4n) is 4.11. The number of carbonyl (C=O) groups is 1. The van der Waals surface area contributed by atoms with Gasteiger partial charge in [0.2, 0.25) is 0 Å². The number of anilines is 1. The molecule has 114 valence electrons. The molecule has 1 aromatic rings. The van der Waals surface area contributed by atoms with Crippen molar-refractivity contribution in [3.05, 3.63) is 17.6 Å². The van der Waals surface area contributed by atoms with Crippen molar-refractivity contribution in [3.8, 4) is 0 Å². The molecule has 1 N–H and O–H groups in total. The molecule has 0 bridgehead atoms. The molecule has 2 aliphatic rings. The first kappa shape index (κ1) is 14.3.